The van der Waals surface area contributed by atoms with Gasteiger partial charge in [0.1, 0.15) is 22.5 Å². The number of nitrogens with two attached hydrogens (primary N) is 1. The summed E-state index contributed by atoms with van der Waals surface area (Å²) >= 11 is 0.781. The Balaban J connectivity index is 1.19. The van der Waals surface area contributed by atoms with Gasteiger partial charge in [-0.1, -0.05) is 6.08 Å². The second kappa shape index (κ2) is 12.9. The van der Waals surface area contributed by atoms with Crippen molar-refractivity contribution in [1.82, 2.24) is 30.1 Å². The van der Waals surface area contributed by atoms with Gasteiger partial charge in [-0.3, -0.25) is 4.79 Å². The van der Waals surface area contributed by atoms with Crippen LogP contribution in [-0.4, -0.2) is 90.5 Å². The average molecular weight is 631 g/mol. The van der Waals surface area contributed by atoms with Gasteiger partial charge in [-0.2, -0.15) is 5.10 Å². The summed E-state index contributed by atoms with van der Waals surface area (Å²) in [4.78, 5) is 33.5. The predicted molar refractivity (Wildman–Crippen MR) is 162 cm³/mol. The first-order chi connectivity index (χ1) is 21.3. The largest absolute Gasteiger partial charge is 0.492 e. The molecule has 3 aromatic rings. The van der Waals surface area contributed by atoms with Gasteiger partial charge in [0, 0.05) is 31.7 Å². The van der Waals surface area contributed by atoms with Crippen LogP contribution >= 0.6 is 11.3 Å². The van der Waals surface area contributed by atoms with Crippen LogP contribution in [0.25, 0.3) is 11.1 Å². The van der Waals surface area contributed by atoms with Crippen molar-refractivity contribution in [3.63, 3.8) is 0 Å². The van der Waals surface area contributed by atoms with Gasteiger partial charge in [0.2, 0.25) is 0 Å². The summed E-state index contributed by atoms with van der Waals surface area (Å²) in [5, 5.41) is 10.8. The molecule has 0 saturated carbocycles. The Kier molecular flexibility index (Phi) is 8.84. The van der Waals surface area contributed by atoms with Crippen LogP contribution in [0.4, 0.5) is 25.1 Å². The van der Waals surface area contributed by atoms with E-state index in [0.29, 0.717) is 50.0 Å². The molecular weight excluding hydrogens is 594 g/mol. The summed E-state index contributed by atoms with van der Waals surface area (Å²) in [7, 11) is 1.35. The zero-order chi connectivity index (χ0) is 30.8. The number of nitrogen functional groups attached to an aromatic ring is 1. The third-order valence-corrected chi connectivity index (χ3v) is 9.54. The lowest BCUT2D eigenvalue weighted by Crippen LogP contribution is -2.47. The summed E-state index contributed by atoms with van der Waals surface area (Å²) in [6.07, 6.45) is 3.65. The molecule has 0 bridgehead atoms. The van der Waals surface area contributed by atoms with E-state index in [4.69, 9.17) is 15.2 Å². The van der Waals surface area contributed by atoms with E-state index in [2.05, 4.69) is 25.6 Å². The van der Waals surface area contributed by atoms with E-state index >= 15 is 0 Å². The lowest BCUT2D eigenvalue weighted by Gasteiger charge is -2.34. The van der Waals surface area contributed by atoms with E-state index in [9.17, 15) is 18.4 Å². The van der Waals surface area contributed by atoms with Gasteiger partial charge in [0.25, 0.3) is 12.3 Å². The van der Waals surface area contributed by atoms with E-state index in [-0.39, 0.29) is 21.5 Å². The number of nitrogens with one attached hydrogen (secondary N) is 2. The van der Waals surface area contributed by atoms with Gasteiger partial charge in [-0.25, -0.2) is 23.1 Å². The summed E-state index contributed by atoms with van der Waals surface area (Å²) in [5.74, 6) is 0.423. The number of alkyl halides is 2. The first-order valence-electron chi connectivity index (χ1n) is 14.8. The number of carbonyl (C=O) groups excluding carboxylic acids is 2. The topological polar surface area (TPSA) is 139 Å². The van der Waals surface area contributed by atoms with Gasteiger partial charge >= 0.3 is 6.09 Å². The molecule has 0 spiro atoms. The third kappa shape index (κ3) is 6.15. The number of piperidine rings is 2. The number of methoxy groups -OCH3 is 1. The lowest BCUT2D eigenvalue weighted by atomic mass is 9.99. The number of ether oxygens (including phenoxy) is 2. The fourth-order valence-corrected chi connectivity index (χ4v) is 6.97. The normalized spacial score (nSPS) is 19.5. The Morgan fingerprint density at radius 3 is 2.84 bits per heavy atom. The average Bonchev–Trinajstić information content (AvgIpc) is 3.78. The minimum absolute atomic E-state index is 0.170. The van der Waals surface area contributed by atoms with Crippen molar-refractivity contribution in [1.29, 1.82) is 0 Å². The van der Waals surface area contributed by atoms with Gasteiger partial charge in [0.05, 0.1) is 36.5 Å². The number of nitrogens with zero attached hydrogens (tertiary/aromatic N) is 5. The molecule has 0 unspecified atom stereocenters. The third-order valence-electron chi connectivity index (χ3n) is 8.41. The molecule has 44 heavy (non-hydrogen) atoms. The van der Waals surface area contributed by atoms with Crippen LogP contribution in [0.1, 0.15) is 52.4 Å². The number of carbonyl (C=O) groups is 2. The first kappa shape index (κ1) is 30.1. The highest BCUT2D eigenvalue weighted by molar-refractivity contribution is 7.14. The zero-order valence-electron chi connectivity index (χ0n) is 24.4. The molecule has 4 N–H and O–H groups in total. The van der Waals surface area contributed by atoms with Crippen molar-refractivity contribution in [2.75, 3.05) is 63.6 Å². The molecule has 2 fully saturated rings. The smallest absolute Gasteiger partial charge is 0.410 e. The van der Waals surface area contributed by atoms with Crippen LogP contribution in [0.3, 0.4) is 0 Å². The Bertz CT molecular complexity index is 1550. The van der Waals surface area contributed by atoms with Gasteiger partial charge in [-0.15, -0.1) is 11.3 Å². The summed E-state index contributed by atoms with van der Waals surface area (Å²) < 4.78 is 39.8. The lowest BCUT2D eigenvalue weighted by molar-refractivity contribution is 0.0932. The quantitative estimate of drug-likeness (QED) is 0.341. The number of anilines is 2. The first-order valence-corrected chi connectivity index (χ1v) is 15.6. The molecule has 2 amide bonds. The molecule has 0 aromatic carbocycles. The Hall–Kier alpha value is -3.98. The molecule has 3 aromatic heterocycles. The SMILES string of the molecule is COC(=O)N1CC=C(c2cc(N3CCC[C@@H](NC(=O)c4sc(C(F)F)cc4OCC4CCNCC4)C3)c3c(N)ncnn23)C1. The fraction of sp³-hybridized carbons (Fsp3) is 0.517. The summed E-state index contributed by atoms with van der Waals surface area (Å²) in [6, 6.07) is 3.04. The summed E-state index contributed by atoms with van der Waals surface area (Å²) in [5.41, 5.74) is 9.49. The standard InChI is InChI=1S/C29H36F2N8O4S/c1-42-29(41)38-10-6-18(13-38)20-11-21(24-27(32)34-16-35-39(20)24)37-9-2-3-19(14-37)36-28(40)25-22(12-23(44-25)26(30)31)43-15-17-4-7-33-8-5-17/h6,11-12,16-17,19,26,33H,2-5,7-10,13-15H2,1H3,(H,36,40)(H2,32,34,35)/t19-/m1/s1. The molecule has 3 aliphatic heterocycles. The second-order valence-corrected chi connectivity index (χ2v) is 12.4. The molecule has 6 rings (SSSR count). The van der Waals surface area contributed by atoms with Gasteiger partial charge in [0.15, 0.2) is 5.82 Å². The molecule has 0 radical (unpaired) electrons. The number of thiophene rings is 1. The van der Waals surface area contributed by atoms with Crippen LogP contribution < -0.4 is 26.0 Å². The Morgan fingerprint density at radius 2 is 2.07 bits per heavy atom. The number of aromatic nitrogens is 3. The Morgan fingerprint density at radius 1 is 1.25 bits per heavy atom. The molecule has 236 valence electrons. The minimum Gasteiger partial charge on any atom is -0.492 e. The van der Waals surface area contributed by atoms with Crippen molar-refractivity contribution in [3.8, 4) is 5.75 Å². The van der Waals surface area contributed by atoms with Gasteiger partial charge < -0.3 is 35.6 Å². The zero-order valence-corrected chi connectivity index (χ0v) is 25.2. The second-order valence-electron chi connectivity index (χ2n) is 11.3. The van der Waals surface area contributed by atoms with Crippen LogP contribution in [0.5, 0.6) is 5.75 Å². The van der Waals surface area contributed by atoms with Crippen molar-refractivity contribution in [2.45, 2.75) is 38.2 Å². The van der Waals surface area contributed by atoms with Crippen LogP contribution in [0.15, 0.2) is 24.5 Å². The van der Waals surface area contributed by atoms with Crippen molar-refractivity contribution >= 4 is 45.9 Å². The maximum absolute atomic E-state index is 13.6. The molecule has 6 heterocycles. The highest BCUT2D eigenvalue weighted by atomic mass is 32.1. The number of hydrogen-bond acceptors (Lipinski definition) is 10. The van der Waals surface area contributed by atoms with Crippen molar-refractivity contribution in [2.24, 2.45) is 5.92 Å². The van der Waals surface area contributed by atoms with Crippen molar-refractivity contribution in [3.05, 3.63) is 40.0 Å². The Labute approximate surface area is 257 Å². The molecular formula is C29H36F2N8O4S. The number of amides is 2. The maximum Gasteiger partial charge on any atom is 0.410 e. The molecule has 2 saturated heterocycles. The minimum atomic E-state index is -2.69. The number of halogens is 2. The highest BCUT2D eigenvalue weighted by Crippen LogP contribution is 2.37. The monoisotopic (exact) mass is 630 g/mol. The predicted octanol–water partition coefficient (Wildman–Crippen LogP) is 3.55. The van der Waals surface area contributed by atoms with Crippen LogP contribution in [0.2, 0.25) is 0 Å². The number of fused-ring (bicyclic) bond motifs is 1. The fourth-order valence-electron chi connectivity index (χ4n) is 6.11. The van der Waals surface area contributed by atoms with E-state index in [1.807, 2.05) is 12.1 Å². The molecule has 3 aliphatic rings. The van der Waals surface area contributed by atoms with Crippen molar-refractivity contribution < 1.29 is 27.8 Å². The molecule has 15 heteroatoms. The van der Waals surface area contributed by atoms with Crippen LogP contribution in [0, 0.1) is 5.92 Å². The maximum atomic E-state index is 13.6. The van der Waals surface area contributed by atoms with E-state index in [1.54, 1.807) is 9.42 Å². The molecule has 0 aliphatic carbocycles. The van der Waals surface area contributed by atoms with E-state index in [0.717, 1.165) is 67.1 Å². The number of rotatable bonds is 8. The number of hydrogen-bond donors (Lipinski definition) is 3. The molecule has 12 nitrogen and oxygen atoms in total. The van der Waals surface area contributed by atoms with E-state index in [1.165, 1.54) is 19.5 Å². The molecule has 1 atom stereocenters. The summed E-state index contributed by atoms with van der Waals surface area (Å²) in [6.45, 7) is 4.15. The van der Waals surface area contributed by atoms with Gasteiger partial charge in [-0.05, 0) is 56.3 Å². The highest BCUT2D eigenvalue weighted by Gasteiger charge is 2.30. The van der Waals surface area contributed by atoms with Crippen LogP contribution in [-0.2, 0) is 4.74 Å². The van der Waals surface area contributed by atoms with E-state index < -0.39 is 18.4 Å².